The summed E-state index contributed by atoms with van der Waals surface area (Å²) in [5, 5.41) is 9.16. The number of nitrogens with one attached hydrogen (secondary N) is 1. The summed E-state index contributed by atoms with van der Waals surface area (Å²) in [6, 6.07) is 11.7. The molecule has 6 nitrogen and oxygen atoms in total. The molecular weight excluding hydrogens is 408 g/mol. The van der Waals surface area contributed by atoms with Gasteiger partial charge in [0.05, 0.1) is 10.6 Å². The van der Waals surface area contributed by atoms with Crippen molar-refractivity contribution in [3.8, 4) is 11.4 Å². The highest BCUT2D eigenvalue weighted by Gasteiger charge is 2.29. The van der Waals surface area contributed by atoms with Gasteiger partial charge in [-0.2, -0.15) is 0 Å². The molecule has 0 atom stereocenters. The predicted molar refractivity (Wildman–Crippen MR) is 117 cm³/mol. The van der Waals surface area contributed by atoms with Crippen LogP contribution in [-0.4, -0.2) is 23.2 Å². The van der Waals surface area contributed by atoms with Gasteiger partial charge in [0.15, 0.2) is 5.82 Å². The van der Waals surface area contributed by atoms with Crippen LogP contribution in [-0.2, 0) is 28.9 Å². The van der Waals surface area contributed by atoms with E-state index in [2.05, 4.69) is 14.9 Å². The number of nitrogens with zero attached hydrogens (tertiary/aromatic N) is 3. The molecule has 0 bridgehead atoms. The number of aryl methyl sites for hydroxylation is 1. The standard InChI is InChI=1S/C21H25ClN4O2S/c1-6-17-23-24-20(26(17)5)18-16(13-12-15(22)19(18)21(2,3)4)25-29(27,28)14-10-8-7-9-11-14/h7-13,25H,6H2,1-5H3. The first-order valence-corrected chi connectivity index (χ1v) is 11.2. The molecule has 1 heterocycles. The molecule has 8 heteroatoms. The van der Waals surface area contributed by atoms with E-state index in [1.165, 1.54) is 0 Å². The molecule has 0 aliphatic heterocycles. The molecule has 29 heavy (non-hydrogen) atoms. The molecule has 0 amide bonds. The van der Waals surface area contributed by atoms with E-state index in [0.29, 0.717) is 28.5 Å². The fraction of sp³-hybridized carbons (Fsp3) is 0.333. The molecule has 0 aliphatic rings. The number of rotatable bonds is 5. The number of hydrogen-bond donors (Lipinski definition) is 1. The second-order valence-corrected chi connectivity index (χ2v) is 9.96. The van der Waals surface area contributed by atoms with Crippen LogP contribution in [0, 0.1) is 0 Å². The largest absolute Gasteiger partial charge is 0.314 e. The lowest BCUT2D eigenvalue weighted by molar-refractivity contribution is 0.590. The van der Waals surface area contributed by atoms with Crippen LogP contribution in [0.5, 0.6) is 0 Å². The number of benzene rings is 2. The molecule has 0 fully saturated rings. The summed E-state index contributed by atoms with van der Waals surface area (Å²) in [5.74, 6) is 1.37. The molecule has 2 aromatic carbocycles. The zero-order valence-electron chi connectivity index (χ0n) is 17.2. The number of anilines is 1. The van der Waals surface area contributed by atoms with Gasteiger partial charge < -0.3 is 4.57 Å². The second kappa shape index (κ2) is 7.80. The van der Waals surface area contributed by atoms with Crippen molar-refractivity contribution in [1.82, 2.24) is 14.8 Å². The predicted octanol–water partition coefficient (Wildman–Crippen LogP) is 4.80. The quantitative estimate of drug-likeness (QED) is 0.628. The maximum Gasteiger partial charge on any atom is 0.261 e. The number of aromatic nitrogens is 3. The van der Waals surface area contributed by atoms with Crippen molar-refractivity contribution in [2.45, 2.75) is 44.4 Å². The van der Waals surface area contributed by atoms with Crippen LogP contribution < -0.4 is 4.72 Å². The molecular formula is C21H25ClN4O2S. The Kier molecular flexibility index (Phi) is 5.74. The highest BCUT2D eigenvalue weighted by atomic mass is 35.5. The lowest BCUT2D eigenvalue weighted by Crippen LogP contribution is -2.19. The maximum atomic E-state index is 13.0. The first kappa shape index (κ1) is 21.3. The minimum Gasteiger partial charge on any atom is -0.314 e. The molecule has 0 unspecified atom stereocenters. The summed E-state index contributed by atoms with van der Waals surface area (Å²) in [4.78, 5) is 0.186. The van der Waals surface area contributed by atoms with E-state index in [1.54, 1.807) is 42.5 Å². The van der Waals surface area contributed by atoms with Crippen LogP contribution in [0.3, 0.4) is 0 Å². The van der Waals surface area contributed by atoms with Gasteiger partial charge in [0, 0.05) is 24.1 Å². The van der Waals surface area contributed by atoms with Gasteiger partial charge in [0.25, 0.3) is 10.0 Å². The van der Waals surface area contributed by atoms with E-state index in [0.717, 1.165) is 11.4 Å². The van der Waals surface area contributed by atoms with E-state index in [4.69, 9.17) is 11.6 Å². The summed E-state index contributed by atoms with van der Waals surface area (Å²) in [6.07, 6.45) is 0.708. The van der Waals surface area contributed by atoms with Crippen LogP contribution in [0.25, 0.3) is 11.4 Å². The van der Waals surface area contributed by atoms with Crippen molar-refractivity contribution in [3.05, 3.63) is 58.9 Å². The molecule has 1 aromatic heterocycles. The molecule has 1 N–H and O–H groups in total. The van der Waals surface area contributed by atoms with Crippen LogP contribution in [0.4, 0.5) is 5.69 Å². The highest BCUT2D eigenvalue weighted by Crippen LogP contribution is 2.42. The molecule has 0 spiro atoms. The Morgan fingerprint density at radius 3 is 2.28 bits per heavy atom. The topological polar surface area (TPSA) is 76.9 Å². The van der Waals surface area contributed by atoms with E-state index in [-0.39, 0.29) is 10.3 Å². The number of hydrogen-bond acceptors (Lipinski definition) is 4. The van der Waals surface area contributed by atoms with Crippen molar-refractivity contribution in [3.63, 3.8) is 0 Å². The van der Waals surface area contributed by atoms with Crippen LogP contribution in [0.1, 0.15) is 39.1 Å². The monoisotopic (exact) mass is 432 g/mol. The Labute approximate surface area is 177 Å². The van der Waals surface area contributed by atoms with E-state index < -0.39 is 10.0 Å². The normalized spacial score (nSPS) is 12.2. The first-order chi connectivity index (χ1) is 13.6. The Morgan fingerprint density at radius 1 is 1.07 bits per heavy atom. The van der Waals surface area contributed by atoms with E-state index in [1.807, 2.05) is 39.3 Å². The van der Waals surface area contributed by atoms with Crippen molar-refractivity contribution in [2.75, 3.05) is 4.72 Å². The summed E-state index contributed by atoms with van der Waals surface area (Å²) >= 11 is 6.58. The lowest BCUT2D eigenvalue weighted by atomic mass is 9.82. The van der Waals surface area contributed by atoms with Gasteiger partial charge in [-0.25, -0.2) is 8.42 Å². The van der Waals surface area contributed by atoms with Crippen molar-refractivity contribution in [2.24, 2.45) is 7.05 Å². The van der Waals surface area contributed by atoms with Gasteiger partial charge in [-0.1, -0.05) is 57.5 Å². The molecule has 154 valence electrons. The van der Waals surface area contributed by atoms with Crippen molar-refractivity contribution >= 4 is 27.3 Å². The van der Waals surface area contributed by atoms with E-state index >= 15 is 0 Å². The number of sulfonamides is 1. The first-order valence-electron chi connectivity index (χ1n) is 9.35. The SMILES string of the molecule is CCc1nnc(-c2c(NS(=O)(=O)c3ccccc3)ccc(Cl)c2C(C)(C)C)n1C. The fourth-order valence-corrected chi connectivity index (χ4v) is 4.85. The zero-order chi connectivity index (χ0) is 21.4. The maximum absolute atomic E-state index is 13.0. The summed E-state index contributed by atoms with van der Waals surface area (Å²) < 4.78 is 30.6. The zero-order valence-corrected chi connectivity index (χ0v) is 18.8. The average Bonchev–Trinajstić information content (AvgIpc) is 3.02. The Morgan fingerprint density at radius 2 is 1.72 bits per heavy atom. The van der Waals surface area contributed by atoms with Crippen LogP contribution >= 0.6 is 11.6 Å². The minimum absolute atomic E-state index is 0.186. The third kappa shape index (κ3) is 4.16. The average molecular weight is 433 g/mol. The van der Waals surface area contributed by atoms with Gasteiger partial charge in [0.1, 0.15) is 5.82 Å². The molecule has 0 saturated heterocycles. The van der Waals surface area contributed by atoms with E-state index in [9.17, 15) is 8.42 Å². The van der Waals surface area contributed by atoms with Crippen molar-refractivity contribution in [1.29, 1.82) is 0 Å². The molecule has 0 aliphatic carbocycles. The second-order valence-electron chi connectivity index (χ2n) is 7.87. The van der Waals surface area contributed by atoms with Gasteiger partial charge in [-0.3, -0.25) is 4.72 Å². The molecule has 0 radical (unpaired) electrons. The van der Waals surface area contributed by atoms with Crippen LogP contribution in [0.2, 0.25) is 5.02 Å². The third-order valence-electron chi connectivity index (χ3n) is 4.71. The fourth-order valence-electron chi connectivity index (χ4n) is 3.32. The van der Waals surface area contributed by atoms with Gasteiger partial charge in [-0.15, -0.1) is 10.2 Å². The minimum atomic E-state index is -3.78. The lowest BCUT2D eigenvalue weighted by Gasteiger charge is -2.26. The molecule has 3 aromatic rings. The van der Waals surface area contributed by atoms with Gasteiger partial charge >= 0.3 is 0 Å². The number of halogens is 1. The summed E-state index contributed by atoms with van der Waals surface area (Å²) in [5.41, 5.74) is 1.52. The smallest absolute Gasteiger partial charge is 0.261 e. The third-order valence-corrected chi connectivity index (χ3v) is 6.40. The summed E-state index contributed by atoms with van der Waals surface area (Å²) in [7, 11) is -1.91. The van der Waals surface area contributed by atoms with Gasteiger partial charge in [0.2, 0.25) is 0 Å². The van der Waals surface area contributed by atoms with Crippen LogP contribution in [0.15, 0.2) is 47.4 Å². The molecule has 3 rings (SSSR count). The molecule has 0 saturated carbocycles. The van der Waals surface area contributed by atoms with Crippen molar-refractivity contribution < 1.29 is 8.42 Å². The Hall–Kier alpha value is -2.38. The Bertz CT molecular complexity index is 1130. The van der Waals surface area contributed by atoms with Gasteiger partial charge in [-0.05, 0) is 35.2 Å². The highest BCUT2D eigenvalue weighted by molar-refractivity contribution is 7.92. The Balaban J connectivity index is 2.27. The summed E-state index contributed by atoms with van der Waals surface area (Å²) in [6.45, 7) is 8.09.